The second-order valence-corrected chi connectivity index (χ2v) is 3.88. The van der Waals surface area contributed by atoms with E-state index in [2.05, 4.69) is 4.98 Å². The standard InChI is InChI=1S/C14H11NO2/c1-10-7-12-14(16-9-15-12)13(8-10)17-11-5-3-2-4-6-11/h2-9H,1H3. The van der Waals surface area contributed by atoms with Crippen LogP contribution >= 0.6 is 0 Å². The molecule has 0 saturated carbocycles. The fraction of sp³-hybridized carbons (Fsp3) is 0.0714. The molecule has 0 amide bonds. The summed E-state index contributed by atoms with van der Waals surface area (Å²) in [6.07, 6.45) is 1.43. The normalized spacial score (nSPS) is 10.6. The van der Waals surface area contributed by atoms with E-state index in [0.29, 0.717) is 11.3 Å². The van der Waals surface area contributed by atoms with Gasteiger partial charge in [0.2, 0.25) is 0 Å². The molecule has 3 heteroatoms. The van der Waals surface area contributed by atoms with E-state index < -0.39 is 0 Å². The Labute approximate surface area is 98.7 Å². The summed E-state index contributed by atoms with van der Waals surface area (Å²) in [6.45, 7) is 2.01. The van der Waals surface area contributed by atoms with Gasteiger partial charge in [-0.2, -0.15) is 0 Å². The molecule has 0 spiro atoms. The van der Waals surface area contributed by atoms with Crippen LogP contribution in [-0.2, 0) is 0 Å². The van der Waals surface area contributed by atoms with Crippen molar-refractivity contribution in [3.8, 4) is 11.5 Å². The molecule has 0 fully saturated rings. The Kier molecular flexibility index (Phi) is 2.29. The van der Waals surface area contributed by atoms with Gasteiger partial charge in [-0.1, -0.05) is 18.2 Å². The highest BCUT2D eigenvalue weighted by molar-refractivity contribution is 5.80. The molecule has 0 bridgehead atoms. The first-order chi connectivity index (χ1) is 8.33. The van der Waals surface area contributed by atoms with Crippen LogP contribution in [0.2, 0.25) is 0 Å². The maximum atomic E-state index is 5.80. The summed E-state index contributed by atoms with van der Waals surface area (Å²) in [6, 6.07) is 13.5. The summed E-state index contributed by atoms with van der Waals surface area (Å²) < 4.78 is 11.1. The molecule has 2 aromatic carbocycles. The van der Waals surface area contributed by atoms with Gasteiger partial charge >= 0.3 is 0 Å². The third-order valence-electron chi connectivity index (χ3n) is 2.51. The van der Waals surface area contributed by atoms with Crippen LogP contribution < -0.4 is 4.74 Å². The van der Waals surface area contributed by atoms with Crippen LogP contribution in [0.3, 0.4) is 0 Å². The molecule has 1 heterocycles. The van der Waals surface area contributed by atoms with Gasteiger partial charge in [0, 0.05) is 0 Å². The molecule has 0 atom stereocenters. The molecular formula is C14H11NO2. The third kappa shape index (κ3) is 1.87. The zero-order chi connectivity index (χ0) is 11.7. The van der Waals surface area contributed by atoms with E-state index in [1.54, 1.807) is 0 Å². The van der Waals surface area contributed by atoms with Crippen LogP contribution in [0.25, 0.3) is 11.1 Å². The van der Waals surface area contributed by atoms with Crippen LogP contribution in [-0.4, -0.2) is 4.98 Å². The Morgan fingerprint density at radius 1 is 1.12 bits per heavy atom. The number of benzene rings is 2. The Balaban J connectivity index is 2.08. The average Bonchev–Trinajstić information content (AvgIpc) is 2.78. The quantitative estimate of drug-likeness (QED) is 0.662. The number of fused-ring (bicyclic) bond motifs is 1. The molecule has 0 aliphatic rings. The summed E-state index contributed by atoms with van der Waals surface area (Å²) in [5.74, 6) is 1.49. The van der Waals surface area contributed by atoms with Crippen molar-refractivity contribution in [3.63, 3.8) is 0 Å². The van der Waals surface area contributed by atoms with Gasteiger partial charge in [-0.3, -0.25) is 0 Å². The lowest BCUT2D eigenvalue weighted by Crippen LogP contribution is -1.85. The molecular weight excluding hydrogens is 214 g/mol. The molecule has 3 aromatic rings. The monoisotopic (exact) mass is 225 g/mol. The van der Waals surface area contributed by atoms with E-state index in [-0.39, 0.29) is 0 Å². The lowest BCUT2D eigenvalue weighted by molar-refractivity contribution is 0.471. The minimum absolute atomic E-state index is 0.680. The number of para-hydroxylation sites is 1. The van der Waals surface area contributed by atoms with Crippen molar-refractivity contribution in [2.75, 3.05) is 0 Å². The fourth-order valence-electron chi connectivity index (χ4n) is 1.76. The summed E-state index contributed by atoms with van der Waals surface area (Å²) in [5.41, 5.74) is 2.59. The molecule has 1 aromatic heterocycles. The highest BCUT2D eigenvalue weighted by Gasteiger charge is 2.08. The second kappa shape index (κ2) is 3.94. The third-order valence-corrected chi connectivity index (χ3v) is 2.51. The lowest BCUT2D eigenvalue weighted by Gasteiger charge is -2.06. The van der Waals surface area contributed by atoms with Gasteiger partial charge in [-0.25, -0.2) is 4.98 Å². The van der Waals surface area contributed by atoms with Crippen molar-refractivity contribution in [2.24, 2.45) is 0 Å². The number of ether oxygens (including phenoxy) is 1. The van der Waals surface area contributed by atoms with E-state index in [1.165, 1.54) is 6.39 Å². The number of aryl methyl sites for hydroxylation is 1. The highest BCUT2D eigenvalue weighted by atomic mass is 16.5. The fourth-order valence-corrected chi connectivity index (χ4v) is 1.76. The minimum Gasteiger partial charge on any atom is -0.453 e. The molecule has 84 valence electrons. The highest BCUT2D eigenvalue weighted by Crippen LogP contribution is 2.30. The Hall–Kier alpha value is -2.29. The predicted octanol–water partition coefficient (Wildman–Crippen LogP) is 3.93. The van der Waals surface area contributed by atoms with Crippen LogP contribution in [0.15, 0.2) is 53.3 Å². The average molecular weight is 225 g/mol. The van der Waals surface area contributed by atoms with Gasteiger partial charge in [-0.05, 0) is 36.8 Å². The van der Waals surface area contributed by atoms with Crippen molar-refractivity contribution in [1.29, 1.82) is 0 Å². The number of hydrogen-bond acceptors (Lipinski definition) is 3. The molecule has 3 rings (SSSR count). The first kappa shape index (κ1) is 9.90. The number of hydrogen-bond donors (Lipinski definition) is 0. The predicted molar refractivity (Wildman–Crippen MR) is 65.3 cm³/mol. The summed E-state index contributed by atoms with van der Waals surface area (Å²) >= 11 is 0. The van der Waals surface area contributed by atoms with Gasteiger partial charge in [0.1, 0.15) is 11.3 Å². The van der Waals surface area contributed by atoms with Crippen LogP contribution in [0.5, 0.6) is 11.5 Å². The number of rotatable bonds is 2. The Bertz CT molecular complexity index is 644. The van der Waals surface area contributed by atoms with Gasteiger partial charge in [0.15, 0.2) is 17.7 Å². The molecule has 0 unspecified atom stereocenters. The zero-order valence-electron chi connectivity index (χ0n) is 9.38. The largest absolute Gasteiger partial charge is 0.453 e. The van der Waals surface area contributed by atoms with Crippen molar-refractivity contribution in [1.82, 2.24) is 4.98 Å². The number of aromatic nitrogens is 1. The van der Waals surface area contributed by atoms with Crippen LogP contribution in [0.1, 0.15) is 5.56 Å². The van der Waals surface area contributed by atoms with Crippen LogP contribution in [0, 0.1) is 6.92 Å². The van der Waals surface area contributed by atoms with Gasteiger partial charge in [0.05, 0.1) is 0 Å². The Morgan fingerprint density at radius 3 is 2.76 bits per heavy atom. The zero-order valence-corrected chi connectivity index (χ0v) is 9.38. The van der Waals surface area contributed by atoms with E-state index in [0.717, 1.165) is 16.8 Å². The van der Waals surface area contributed by atoms with Crippen molar-refractivity contribution >= 4 is 11.1 Å². The first-order valence-electron chi connectivity index (χ1n) is 5.40. The lowest BCUT2D eigenvalue weighted by atomic mass is 10.2. The summed E-state index contributed by atoms with van der Waals surface area (Å²) in [4.78, 5) is 4.14. The maximum absolute atomic E-state index is 5.80. The van der Waals surface area contributed by atoms with Gasteiger partial charge in [0.25, 0.3) is 0 Å². The van der Waals surface area contributed by atoms with Gasteiger partial charge < -0.3 is 9.15 Å². The first-order valence-corrected chi connectivity index (χ1v) is 5.40. The van der Waals surface area contributed by atoms with E-state index in [1.807, 2.05) is 49.4 Å². The van der Waals surface area contributed by atoms with Gasteiger partial charge in [-0.15, -0.1) is 0 Å². The van der Waals surface area contributed by atoms with E-state index in [9.17, 15) is 0 Å². The van der Waals surface area contributed by atoms with Crippen molar-refractivity contribution in [2.45, 2.75) is 6.92 Å². The van der Waals surface area contributed by atoms with Crippen molar-refractivity contribution < 1.29 is 9.15 Å². The SMILES string of the molecule is Cc1cc(Oc2ccccc2)c2ocnc2c1. The Morgan fingerprint density at radius 2 is 1.94 bits per heavy atom. The van der Waals surface area contributed by atoms with Crippen LogP contribution in [0.4, 0.5) is 0 Å². The molecule has 0 N–H and O–H groups in total. The van der Waals surface area contributed by atoms with E-state index in [4.69, 9.17) is 9.15 Å². The molecule has 0 radical (unpaired) electrons. The second-order valence-electron chi connectivity index (χ2n) is 3.88. The molecule has 3 nitrogen and oxygen atoms in total. The number of oxazole rings is 1. The number of nitrogens with zero attached hydrogens (tertiary/aromatic N) is 1. The minimum atomic E-state index is 0.680. The summed E-state index contributed by atoms with van der Waals surface area (Å²) in [5, 5.41) is 0. The van der Waals surface area contributed by atoms with Crippen molar-refractivity contribution in [3.05, 3.63) is 54.4 Å². The molecule has 17 heavy (non-hydrogen) atoms. The topological polar surface area (TPSA) is 35.3 Å². The smallest absolute Gasteiger partial charge is 0.196 e. The summed E-state index contributed by atoms with van der Waals surface area (Å²) in [7, 11) is 0. The molecule has 0 aliphatic heterocycles. The maximum Gasteiger partial charge on any atom is 0.196 e. The molecule has 0 saturated heterocycles. The molecule has 0 aliphatic carbocycles. The van der Waals surface area contributed by atoms with E-state index >= 15 is 0 Å².